The number of aryl methyl sites for hydroxylation is 1. The Hall–Kier alpha value is -1.52. The zero-order valence-corrected chi connectivity index (χ0v) is 11.6. The summed E-state index contributed by atoms with van der Waals surface area (Å²) in [5, 5.41) is 0.387. The topological polar surface area (TPSA) is 51.8 Å². The molecule has 100 valence electrons. The maximum Gasteiger partial charge on any atom is 0.132 e. The maximum atomic E-state index is 13.0. The van der Waals surface area contributed by atoms with Crippen molar-refractivity contribution in [1.29, 1.82) is 0 Å². The third-order valence-electron chi connectivity index (χ3n) is 2.92. The number of hydrogen-bond donors (Lipinski definition) is 1. The van der Waals surface area contributed by atoms with Gasteiger partial charge in [0.05, 0.1) is 0 Å². The van der Waals surface area contributed by atoms with E-state index in [2.05, 4.69) is 9.97 Å². The van der Waals surface area contributed by atoms with Crippen molar-refractivity contribution < 1.29 is 4.39 Å². The highest BCUT2D eigenvalue weighted by molar-refractivity contribution is 6.31. The summed E-state index contributed by atoms with van der Waals surface area (Å²) in [5.74, 6) is 0.300. The Labute approximate surface area is 116 Å². The number of hydrogen-bond acceptors (Lipinski definition) is 3. The van der Waals surface area contributed by atoms with E-state index < -0.39 is 0 Å². The summed E-state index contributed by atoms with van der Waals surface area (Å²) < 4.78 is 13.0. The fourth-order valence-corrected chi connectivity index (χ4v) is 2.13. The van der Waals surface area contributed by atoms with Crippen LogP contribution in [0, 0.1) is 12.7 Å². The van der Waals surface area contributed by atoms with E-state index in [9.17, 15) is 4.39 Å². The quantitative estimate of drug-likeness (QED) is 0.939. The molecule has 3 nitrogen and oxygen atoms in total. The monoisotopic (exact) mass is 279 g/mol. The normalized spacial score (nSPS) is 12.5. The van der Waals surface area contributed by atoms with Crippen LogP contribution in [0.1, 0.15) is 35.6 Å². The standard InChI is InChI=1S/C14H15ClFN3/c1-8(17)12-7-18-14(19-9(12)2)5-10-3-4-11(16)6-13(10)15/h3-4,6-8H,5,17H2,1-2H3/t8-/m1/s1. The minimum atomic E-state index is -0.349. The lowest BCUT2D eigenvalue weighted by Crippen LogP contribution is -2.10. The number of halogens is 2. The summed E-state index contributed by atoms with van der Waals surface area (Å²) in [7, 11) is 0. The Morgan fingerprint density at radius 2 is 2.16 bits per heavy atom. The summed E-state index contributed by atoms with van der Waals surface area (Å²) in [6.07, 6.45) is 2.21. The lowest BCUT2D eigenvalue weighted by Gasteiger charge is -2.10. The minimum Gasteiger partial charge on any atom is -0.324 e. The molecule has 0 radical (unpaired) electrons. The zero-order valence-electron chi connectivity index (χ0n) is 10.8. The second-order valence-electron chi connectivity index (χ2n) is 4.53. The number of benzene rings is 1. The van der Waals surface area contributed by atoms with E-state index in [1.807, 2.05) is 13.8 Å². The van der Waals surface area contributed by atoms with Crippen LogP contribution in [0.25, 0.3) is 0 Å². The summed E-state index contributed by atoms with van der Waals surface area (Å²) in [4.78, 5) is 8.69. The molecule has 1 atom stereocenters. The van der Waals surface area contributed by atoms with Gasteiger partial charge in [0.25, 0.3) is 0 Å². The molecule has 0 amide bonds. The van der Waals surface area contributed by atoms with Crippen LogP contribution >= 0.6 is 11.6 Å². The molecule has 1 aromatic carbocycles. The van der Waals surface area contributed by atoms with Gasteiger partial charge in [-0.3, -0.25) is 0 Å². The lowest BCUT2D eigenvalue weighted by atomic mass is 10.1. The molecule has 0 saturated carbocycles. The Kier molecular flexibility index (Phi) is 4.12. The average molecular weight is 280 g/mol. The highest BCUT2D eigenvalue weighted by Gasteiger charge is 2.09. The summed E-state index contributed by atoms with van der Waals surface area (Å²) in [6, 6.07) is 4.23. The molecule has 1 aromatic heterocycles. The molecule has 19 heavy (non-hydrogen) atoms. The minimum absolute atomic E-state index is 0.0940. The molecule has 0 fully saturated rings. The van der Waals surface area contributed by atoms with Crippen molar-refractivity contribution in [3.63, 3.8) is 0 Å². The molecule has 1 heterocycles. The van der Waals surface area contributed by atoms with Gasteiger partial charge in [-0.1, -0.05) is 17.7 Å². The predicted octanol–water partition coefficient (Wildman–Crippen LogP) is 3.19. The van der Waals surface area contributed by atoms with E-state index in [1.54, 1.807) is 12.3 Å². The van der Waals surface area contributed by atoms with Crippen molar-refractivity contribution in [3.8, 4) is 0 Å². The summed E-state index contributed by atoms with van der Waals surface area (Å²) in [5.41, 5.74) is 8.40. The first-order chi connectivity index (χ1) is 8.97. The van der Waals surface area contributed by atoms with Crippen LogP contribution in [0.15, 0.2) is 24.4 Å². The first kappa shape index (κ1) is 13.9. The van der Waals surface area contributed by atoms with Crippen molar-refractivity contribution in [2.75, 3.05) is 0 Å². The highest BCUT2D eigenvalue weighted by atomic mass is 35.5. The van der Waals surface area contributed by atoms with Gasteiger partial charge in [0.15, 0.2) is 0 Å². The maximum absolute atomic E-state index is 13.0. The fourth-order valence-electron chi connectivity index (χ4n) is 1.89. The second-order valence-corrected chi connectivity index (χ2v) is 4.94. The molecule has 0 aliphatic heterocycles. The SMILES string of the molecule is Cc1nc(Cc2ccc(F)cc2Cl)ncc1[C@@H](C)N. The van der Waals surface area contributed by atoms with E-state index in [1.165, 1.54) is 12.1 Å². The van der Waals surface area contributed by atoms with Crippen LogP contribution < -0.4 is 5.73 Å². The summed E-state index contributed by atoms with van der Waals surface area (Å²) >= 11 is 5.99. The third-order valence-corrected chi connectivity index (χ3v) is 3.27. The molecular formula is C14H15ClFN3. The number of aromatic nitrogens is 2. The molecule has 0 spiro atoms. The van der Waals surface area contributed by atoms with E-state index in [0.29, 0.717) is 17.3 Å². The molecule has 5 heteroatoms. The molecule has 0 bridgehead atoms. The van der Waals surface area contributed by atoms with Gasteiger partial charge in [0.2, 0.25) is 0 Å². The van der Waals surface area contributed by atoms with Crippen LogP contribution in [-0.4, -0.2) is 9.97 Å². The van der Waals surface area contributed by atoms with E-state index in [4.69, 9.17) is 17.3 Å². The van der Waals surface area contributed by atoms with E-state index in [0.717, 1.165) is 16.8 Å². The van der Waals surface area contributed by atoms with Gasteiger partial charge in [-0.05, 0) is 31.5 Å². The Morgan fingerprint density at radius 3 is 2.74 bits per heavy atom. The first-order valence-electron chi connectivity index (χ1n) is 5.99. The van der Waals surface area contributed by atoms with E-state index >= 15 is 0 Å². The van der Waals surface area contributed by atoms with Crippen molar-refractivity contribution in [3.05, 3.63) is 57.9 Å². The molecular weight excluding hydrogens is 265 g/mol. The molecule has 2 N–H and O–H groups in total. The molecule has 0 unspecified atom stereocenters. The van der Waals surface area contributed by atoms with Crippen molar-refractivity contribution in [1.82, 2.24) is 9.97 Å². The number of rotatable bonds is 3. The van der Waals surface area contributed by atoms with E-state index in [-0.39, 0.29) is 11.9 Å². The summed E-state index contributed by atoms with van der Waals surface area (Å²) in [6.45, 7) is 3.79. The lowest BCUT2D eigenvalue weighted by molar-refractivity contribution is 0.627. The Bertz CT molecular complexity index is 599. The van der Waals surface area contributed by atoms with Crippen molar-refractivity contribution in [2.45, 2.75) is 26.3 Å². The third kappa shape index (κ3) is 3.28. The van der Waals surface area contributed by atoms with Crippen LogP contribution in [0.5, 0.6) is 0 Å². The smallest absolute Gasteiger partial charge is 0.132 e. The van der Waals surface area contributed by atoms with Crippen LogP contribution in [0.4, 0.5) is 4.39 Å². The van der Waals surface area contributed by atoms with Crippen LogP contribution in [0.2, 0.25) is 5.02 Å². The second kappa shape index (κ2) is 5.63. The van der Waals surface area contributed by atoms with Crippen molar-refractivity contribution >= 4 is 11.6 Å². The molecule has 0 aliphatic carbocycles. The van der Waals surface area contributed by atoms with Gasteiger partial charge in [0.1, 0.15) is 11.6 Å². The van der Waals surface area contributed by atoms with Crippen LogP contribution in [-0.2, 0) is 6.42 Å². The van der Waals surface area contributed by atoms with Crippen molar-refractivity contribution in [2.24, 2.45) is 5.73 Å². The molecule has 2 aromatic rings. The fraction of sp³-hybridized carbons (Fsp3) is 0.286. The average Bonchev–Trinajstić information content (AvgIpc) is 2.32. The molecule has 0 aliphatic rings. The Balaban J connectivity index is 2.26. The molecule has 2 rings (SSSR count). The Morgan fingerprint density at radius 1 is 1.42 bits per heavy atom. The molecule has 0 saturated heterocycles. The first-order valence-corrected chi connectivity index (χ1v) is 6.37. The van der Waals surface area contributed by atoms with Gasteiger partial charge in [-0.15, -0.1) is 0 Å². The number of nitrogens with two attached hydrogens (primary N) is 1. The highest BCUT2D eigenvalue weighted by Crippen LogP contribution is 2.20. The van der Waals surface area contributed by atoms with Gasteiger partial charge in [-0.2, -0.15) is 0 Å². The van der Waals surface area contributed by atoms with Gasteiger partial charge >= 0.3 is 0 Å². The predicted molar refractivity (Wildman–Crippen MR) is 73.6 cm³/mol. The van der Waals surface area contributed by atoms with Crippen LogP contribution in [0.3, 0.4) is 0 Å². The number of nitrogens with zero attached hydrogens (tertiary/aromatic N) is 2. The van der Waals surface area contributed by atoms with Gasteiger partial charge < -0.3 is 5.73 Å². The van der Waals surface area contributed by atoms with Gasteiger partial charge in [-0.25, -0.2) is 14.4 Å². The zero-order chi connectivity index (χ0) is 14.0. The van der Waals surface area contributed by atoms with Gasteiger partial charge in [0, 0.05) is 34.9 Å². The largest absolute Gasteiger partial charge is 0.324 e.